The van der Waals surface area contributed by atoms with Crippen molar-refractivity contribution in [1.82, 2.24) is 34.7 Å². The van der Waals surface area contributed by atoms with Crippen LogP contribution in [0.5, 0.6) is 0 Å². The number of piperazine rings is 1. The molecule has 16 nitrogen and oxygen atoms in total. The van der Waals surface area contributed by atoms with Crippen LogP contribution in [0.4, 0.5) is 21.7 Å². The van der Waals surface area contributed by atoms with Gasteiger partial charge in [0.25, 0.3) is 11.8 Å². The zero-order chi connectivity index (χ0) is 42.7. The van der Waals surface area contributed by atoms with Gasteiger partial charge < -0.3 is 25.2 Å². The van der Waals surface area contributed by atoms with E-state index in [1.807, 2.05) is 40.9 Å². The summed E-state index contributed by atoms with van der Waals surface area (Å²) in [5.74, 6) is -0.282. The van der Waals surface area contributed by atoms with Gasteiger partial charge in [-0.25, -0.2) is 18.9 Å². The number of pyridine rings is 1. The molecule has 4 aliphatic rings. The van der Waals surface area contributed by atoms with Gasteiger partial charge in [-0.05, 0) is 79.4 Å². The molecule has 0 spiro atoms. The molecule has 62 heavy (non-hydrogen) atoms. The van der Waals surface area contributed by atoms with Crippen LogP contribution in [-0.2, 0) is 19.1 Å². The molecule has 2 saturated heterocycles. The predicted octanol–water partition coefficient (Wildman–Crippen LogP) is 3.93. The number of imide groups is 1. The Balaban J connectivity index is 0.703. The number of imidazole rings is 1. The number of aromatic nitrogens is 4. The first kappa shape index (κ1) is 40.8. The lowest BCUT2D eigenvalue weighted by Gasteiger charge is -2.35. The fourth-order valence-corrected chi connectivity index (χ4v) is 8.85. The molecule has 9 rings (SSSR count). The number of carbonyl (C=O) groups is 5. The SMILES string of the molecule is O=C1CCC(N2C(=O)c3ccc(NCCOCCNC(=O)CN4CCN(c5cccc(-c6cnc7ccc(N8CCC[C@@H]8c8cccc(F)c8)nn67)n5)CC4)cc3C2=O)C(=O)C1. The molecule has 5 aromatic rings. The van der Waals surface area contributed by atoms with Crippen molar-refractivity contribution < 1.29 is 33.1 Å². The molecule has 1 aliphatic carbocycles. The highest BCUT2D eigenvalue weighted by molar-refractivity contribution is 6.24. The number of hydrogen-bond acceptors (Lipinski definition) is 13. The van der Waals surface area contributed by atoms with E-state index in [2.05, 4.69) is 30.3 Å². The molecular formula is C45H47FN10O6. The van der Waals surface area contributed by atoms with Crippen molar-refractivity contribution in [3.05, 3.63) is 102 Å². The summed E-state index contributed by atoms with van der Waals surface area (Å²) in [7, 11) is 0. The van der Waals surface area contributed by atoms with E-state index in [0.717, 1.165) is 52.9 Å². The maximum atomic E-state index is 14.1. The van der Waals surface area contributed by atoms with E-state index in [4.69, 9.17) is 14.8 Å². The third-order valence-corrected chi connectivity index (χ3v) is 12.0. The lowest BCUT2D eigenvalue weighted by Crippen LogP contribution is -2.50. The molecule has 1 saturated carbocycles. The number of ether oxygens (including phenoxy) is 1. The number of nitrogens with zero attached hydrogens (tertiary/aromatic N) is 8. The first-order chi connectivity index (χ1) is 30.2. The monoisotopic (exact) mass is 842 g/mol. The van der Waals surface area contributed by atoms with E-state index < -0.39 is 23.6 Å². The highest BCUT2D eigenvalue weighted by Gasteiger charge is 2.44. The third-order valence-electron chi connectivity index (χ3n) is 12.0. The molecule has 3 fully saturated rings. The summed E-state index contributed by atoms with van der Waals surface area (Å²) in [5.41, 5.74) is 4.29. The quantitative estimate of drug-likeness (QED) is 0.0937. The second-order valence-corrected chi connectivity index (χ2v) is 16.0. The molecule has 17 heteroatoms. The van der Waals surface area contributed by atoms with Gasteiger partial charge in [-0.3, -0.25) is 33.8 Å². The molecule has 3 aromatic heterocycles. The molecule has 320 valence electrons. The lowest BCUT2D eigenvalue weighted by molar-refractivity contribution is -0.132. The highest BCUT2D eigenvalue weighted by Crippen LogP contribution is 2.36. The van der Waals surface area contributed by atoms with Crippen molar-refractivity contribution in [3.8, 4) is 11.4 Å². The molecule has 0 bridgehead atoms. The minimum atomic E-state index is -0.904. The molecule has 2 N–H and O–H groups in total. The van der Waals surface area contributed by atoms with E-state index in [0.29, 0.717) is 63.8 Å². The fraction of sp³-hybridized carbons (Fsp3) is 0.378. The van der Waals surface area contributed by atoms with Crippen LogP contribution in [0, 0.1) is 5.82 Å². The second kappa shape index (κ2) is 17.8. The second-order valence-electron chi connectivity index (χ2n) is 16.0. The molecule has 1 unspecified atom stereocenters. The molecular weight excluding hydrogens is 796 g/mol. The number of halogens is 1. The van der Waals surface area contributed by atoms with Crippen molar-refractivity contribution in [2.24, 2.45) is 0 Å². The van der Waals surface area contributed by atoms with Crippen LogP contribution in [0.2, 0.25) is 0 Å². The molecule has 3 amide bonds. The third kappa shape index (κ3) is 8.50. The Morgan fingerprint density at radius 3 is 2.48 bits per heavy atom. The molecule has 0 radical (unpaired) electrons. The largest absolute Gasteiger partial charge is 0.383 e. The Kier molecular flexibility index (Phi) is 11.7. The lowest BCUT2D eigenvalue weighted by atomic mass is 9.92. The molecule has 2 aromatic carbocycles. The van der Waals surface area contributed by atoms with Crippen LogP contribution in [0.1, 0.15) is 64.4 Å². The number of hydrogen-bond donors (Lipinski definition) is 2. The number of nitrogens with one attached hydrogen (secondary N) is 2. The van der Waals surface area contributed by atoms with E-state index in [9.17, 15) is 28.4 Å². The van der Waals surface area contributed by atoms with Gasteiger partial charge in [0.1, 0.15) is 28.9 Å². The van der Waals surface area contributed by atoms with Gasteiger partial charge in [0, 0.05) is 57.9 Å². The Bertz CT molecular complexity index is 2540. The van der Waals surface area contributed by atoms with Gasteiger partial charge in [0.05, 0.1) is 61.3 Å². The fourth-order valence-electron chi connectivity index (χ4n) is 8.85. The Morgan fingerprint density at radius 1 is 0.823 bits per heavy atom. The maximum Gasteiger partial charge on any atom is 0.262 e. The zero-order valence-corrected chi connectivity index (χ0v) is 34.2. The van der Waals surface area contributed by atoms with Gasteiger partial charge in [-0.1, -0.05) is 18.2 Å². The van der Waals surface area contributed by atoms with Gasteiger partial charge in [0.2, 0.25) is 5.91 Å². The first-order valence-corrected chi connectivity index (χ1v) is 21.2. The number of benzene rings is 2. The first-order valence-electron chi connectivity index (χ1n) is 21.2. The Morgan fingerprint density at radius 2 is 1.65 bits per heavy atom. The van der Waals surface area contributed by atoms with Crippen molar-refractivity contribution in [1.29, 1.82) is 0 Å². The summed E-state index contributed by atoms with van der Waals surface area (Å²) in [6.45, 7) is 5.38. The number of amides is 3. The normalized spacial score (nSPS) is 19.5. The minimum absolute atomic E-state index is 0.0460. The summed E-state index contributed by atoms with van der Waals surface area (Å²) in [4.78, 5) is 80.1. The molecule has 6 heterocycles. The minimum Gasteiger partial charge on any atom is -0.383 e. The summed E-state index contributed by atoms with van der Waals surface area (Å²) >= 11 is 0. The number of rotatable bonds is 14. The van der Waals surface area contributed by atoms with Crippen molar-refractivity contribution in [3.63, 3.8) is 0 Å². The van der Waals surface area contributed by atoms with E-state index in [-0.39, 0.29) is 60.5 Å². The predicted molar refractivity (Wildman–Crippen MR) is 228 cm³/mol. The maximum absolute atomic E-state index is 14.1. The standard InChI is InChI=1S/C45H47FN10O6/c46-30-5-1-4-29(24-30)36-7-3-17-54(36)42-14-13-40-49-27-38(56(40)51-42)35-6-2-8-41(50-35)53-20-18-52(19-21-53)28-43(59)48-16-23-62-22-15-47-31-9-11-33-34(25-31)45(61)55(44(33)60)37-12-10-32(57)26-39(37)58/h1-2,4-6,8-9,11,13-14,24-25,27,36-37,47H,3,7,10,12,15-23,26,28H2,(H,48,59)/t36-,37?/m1/s1. The smallest absolute Gasteiger partial charge is 0.262 e. The number of carbonyl (C=O) groups excluding carboxylic acids is 5. The van der Waals surface area contributed by atoms with Crippen LogP contribution in [-0.4, -0.2) is 130 Å². The van der Waals surface area contributed by atoms with Crippen molar-refractivity contribution in [2.45, 2.75) is 44.2 Å². The summed E-state index contributed by atoms with van der Waals surface area (Å²) in [5, 5.41) is 11.1. The molecule has 3 aliphatic heterocycles. The van der Waals surface area contributed by atoms with E-state index in [1.54, 1.807) is 36.5 Å². The van der Waals surface area contributed by atoms with Gasteiger partial charge in [-0.15, -0.1) is 5.10 Å². The van der Waals surface area contributed by atoms with Crippen LogP contribution in [0.15, 0.2) is 79.0 Å². The Hall–Kier alpha value is -6.59. The summed E-state index contributed by atoms with van der Waals surface area (Å²) in [6.07, 6.45) is 3.78. The van der Waals surface area contributed by atoms with Crippen molar-refractivity contribution >= 4 is 52.3 Å². The number of anilines is 3. The van der Waals surface area contributed by atoms with Gasteiger partial charge >= 0.3 is 0 Å². The number of ketones is 2. The van der Waals surface area contributed by atoms with Crippen LogP contribution >= 0.6 is 0 Å². The number of fused-ring (bicyclic) bond motifs is 2. The van der Waals surface area contributed by atoms with Crippen molar-refractivity contribution in [2.75, 3.05) is 80.7 Å². The van der Waals surface area contributed by atoms with Crippen LogP contribution in [0.25, 0.3) is 17.0 Å². The van der Waals surface area contributed by atoms with Crippen LogP contribution in [0.3, 0.4) is 0 Å². The van der Waals surface area contributed by atoms with Crippen LogP contribution < -0.4 is 20.4 Å². The Labute approximate surface area is 357 Å². The average molecular weight is 843 g/mol. The zero-order valence-electron chi connectivity index (χ0n) is 34.2. The summed E-state index contributed by atoms with van der Waals surface area (Å²) < 4.78 is 21.6. The van der Waals surface area contributed by atoms with Gasteiger partial charge in [-0.2, -0.15) is 0 Å². The molecule has 2 atom stereocenters. The highest BCUT2D eigenvalue weighted by atomic mass is 19.1. The topological polar surface area (TPSA) is 175 Å². The van der Waals surface area contributed by atoms with E-state index >= 15 is 0 Å². The average Bonchev–Trinajstić information content (AvgIpc) is 4.00. The summed E-state index contributed by atoms with van der Waals surface area (Å²) in [6, 6.07) is 20.7. The number of Topliss-reactive ketones (excluding diaryl/α,β-unsaturated/α-hetero) is 2. The van der Waals surface area contributed by atoms with E-state index in [1.165, 1.54) is 6.07 Å². The van der Waals surface area contributed by atoms with Gasteiger partial charge in [0.15, 0.2) is 11.4 Å².